The van der Waals surface area contributed by atoms with E-state index in [-0.39, 0.29) is 5.91 Å². The molecule has 1 amide bonds. The molecule has 1 aromatic carbocycles. The third-order valence-corrected chi connectivity index (χ3v) is 2.17. The molecule has 0 saturated carbocycles. The Kier molecular flexibility index (Phi) is 1.87. The van der Waals surface area contributed by atoms with Crippen LogP contribution in [-0.4, -0.2) is 5.91 Å². The van der Waals surface area contributed by atoms with E-state index >= 15 is 0 Å². The second-order valence-electron chi connectivity index (χ2n) is 3.19. The molecule has 14 heavy (non-hydrogen) atoms. The highest BCUT2D eigenvalue weighted by Crippen LogP contribution is 2.33. The van der Waals surface area contributed by atoms with E-state index in [9.17, 15) is 4.79 Å². The summed E-state index contributed by atoms with van der Waals surface area (Å²) in [5.41, 5.74) is 10.8. The van der Waals surface area contributed by atoms with Crippen LogP contribution in [0.1, 0.15) is 17.2 Å². The fourth-order valence-corrected chi connectivity index (χ4v) is 1.53. The van der Waals surface area contributed by atoms with Crippen LogP contribution in [0, 0.1) is 6.92 Å². The summed E-state index contributed by atoms with van der Waals surface area (Å²) in [5, 5.41) is 6.11. The van der Waals surface area contributed by atoms with Gasteiger partial charge < -0.3 is 5.32 Å². The maximum Gasteiger partial charge on any atom is 0.237 e. The molecule has 0 bridgehead atoms. The summed E-state index contributed by atoms with van der Waals surface area (Å²) in [6, 6.07) is 4.86. The van der Waals surface area contributed by atoms with E-state index in [0.29, 0.717) is 0 Å². The molecule has 0 aromatic heterocycles. The van der Waals surface area contributed by atoms with Gasteiger partial charge in [-0.25, -0.2) is 0 Å². The van der Waals surface area contributed by atoms with Gasteiger partial charge in [0.05, 0.1) is 0 Å². The molecule has 1 N–H and O–H groups in total. The van der Waals surface area contributed by atoms with Crippen molar-refractivity contribution in [2.24, 2.45) is 5.11 Å². The van der Waals surface area contributed by atoms with Crippen LogP contribution in [0.25, 0.3) is 10.4 Å². The topological polar surface area (TPSA) is 77.9 Å². The summed E-state index contributed by atoms with van der Waals surface area (Å²) in [6.07, 6.45) is 0. The zero-order valence-electron chi connectivity index (χ0n) is 7.56. The van der Waals surface area contributed by atoms with Gasteiger partial charge in [0, 0.05) is 10.6 Å². The Hall–Kier alpha value is -2.00. The van der Waals surface area contributed by atoms with Crippen LogP contribution < -0.4 is 5.32 Å². The molecular formula is C9H8N4O. The highest BCUT2D eigenvalue weighted by molar-refractivity contribution is 6.02. The largest absolute Gasteiger partial charge is 0.325 e. The SMILES string of the molecule is Cc1ccc2c(c1)C(N=[N+]=[N-])C(=O)N2. The van der Waals surface area contributed by atoms with E-state index in [1.807, 2.05) is 25.1 Å². The Balaban J connectivity index is 2.54. The number of hydrogen-bond acceptors (Lipinski definition) is 2. The number of carbonyl (C=O) groups is 1. The zero-order valence-corrected chi connectivity index (χ0v) is 7.56. The van der Waals surface area contributed by atoms with Gasteiger partial charge in [0.25, 0.3) is 0 Å². The fraction of sp³-hybridized carbons (Fsp3) is 0.222. The van der Waals surface area contributed by atoms with Gasteiger partial charge in [0.1, 0.15) is 6.04 Å². The number of hydrogen-bond donors (Lipinski definition) is 1. The number of nitrogens with zero attached hydrogens (tertiary/aromatic N) is 3. The minimum absolute atomic E-state index is 0.261. The second kappa shape index (κ2) is 3.05. The number of carbonyl (C=O) groups excluding carboxylic acids is 1. The highest BCUT2D eigenvalue weighted by atomic mass is 16.2. The van der Waals surface area contributed by atoms with Crippen molar-refractivity contribution < 1.29 is 4.79 Å². The lowest BCUT2D eigenvalue weighted by Crippen LogP contribution is -2.09. The van der Waals surface area contributed by atoms with E-state index in [2.05, 4.69) is 15.3 Å². The molecule has 1 heterocycles. The van der Waals surface area contributed by atoms with E-state index in [4.69, 9.17) is 5.53 Å². The Morgan fingerprint density at radius 3 is 3.07 bits per heavy atom. The Labute approximate surface area is 80.4 Å². The van der Waals surface area contributed by atoms with Crippen LogP contribution in [0.4, 0.5) is 5.69 Å². The van der Waals surface area contributed by atoms with Crippen molar-refractivity contribution in [2.45, 2.75) is 13.0 Å². The van der Waals surface area contributed by atoms with Crippen LogP contribution in [0.3, 0.4) is 0 Å². The van der Waals surface area contributed by atoms with E-state index in [1.54, 1.807) is 0 Å². The maximum absolute atomic E-state index is 11.4. The van der Waals surface area contributed by atoms with Crippen LogP contribution in [-0.2, 0) is 4.79 Å². The molecule has 1 aromatic rings. The molecule has 70 valence electrons. The standard InChI is InChI=1S/C9H8N4O/c1-5-2-3-7-6(4-5)8(12-13-10)9(14)11-7/h2-4,8H,1H3,(H,11,14). The third-order valence-electron chi connectivity index (χ3n) is 2.17. The van der Waals surface area contributed by atoms with Crippen LogP contribution in [0.5, 0.6) is 0 Å². The first-order valence-electron chi connectivity index (χ1n) is 4.18. The summed E-state index contributed by atoms with van der Waals surface area (Å²) < 4.78 is 0. The second-order valence-corrected chi connectivity index (χ2v) is 3.19. The Morgan fingerprint density at radius 2 is 2.36 bits per heavy atom. The molecule has 1 atom stereocenters. The quantitative estimate of drug-likeness (QED) is 0.409. The van der Waals surface area contributed by atoms with E-state index < -0.39 is 6.04 Å². The first kappa shape index (κ1) is 8.59. The number of azide groups is 1. The monoisotopic (exact) mass is 188 g/mol. The Morgan fingerprint density at radius 1 is 1.57 bits per heavy atom. The van der Waals surface area contributed by atoms with Gasteiger partial charge in [-0.1, -0.05) is 22.8 Å². The lowest BCUT2D eigenvalue weighted by Gasteiger charge is -2.01. The van der Waals surface area contributed by atoms with Crippen LogP contribution in [0.2, 0.25) is 0 Å². The number of fused-ring (bicyclic) bond motifs is 1. The van der Waals surface area contributed by atoms with Gasteiger partial charge in [-0.05, 0) is 24.1 Å². The summed E-state index contributed by atoms with van der Waals surface area (Å²) >= 11 is 0. The molecular weight excluding hydrogens is 180 g/mol. The summed E-state index contributed by atoms with van der Waals surface area (Å²) in [4.78, 5) is 14.0. The van der Waals surface area contributed by atoms with Crippen molar-refractivity contribution in [2.75, 3.05) is 5.32 Å². The summed E-state index contributed by atoms with van der Waals surface area (Å²) in [6.45, 7) is 1.93. The number of benzene rings is 1. The number of rotatable bonds is 1. The number of anilines is 1. The van der Waals surface area contributed by atoms with Crippen molar-refractivity contribution in [3.63, 3.8) is 0 Å². The van der Waals surface area contributed by atoms with Gasteiger partial charge in [-0.2, -0.15) is 0 Å². The fourth-order valence-electron chi connectivity index (χ4n) is 1.53. The van der Waals surface area contributed by atoms with Crippen molar-refractivity contribution >= 4 is 11.6 Å². The smallest absolute Gasteiger partial charge is 0.237 e. The van der Waals surface area contributed by atoms with Crippen molar-refractivity contribution in [3.8, 4) is 0 Å². The molecule has 5 heteroatoms. The Bertz CT molecular complexity index is 448. The number of aryl methyl sites for hydroxylation is 1. The molecule has 0 fully saturated rings. The maximum atomic E-state index is 11.4. The predicted molar refractivity (Wildman–Crippen MR) is 51.7 cm³/mol. The molecule has 2 rings (SSSR count). The first-order valence-corrected chi connectivity index (χ1v) is 4.18. The van der Waals surface area contributed by atoms with Crippen molar-refractivity contribution in [1.29, 1.82) is 0 Å². The number of amides is 1. The third kappa shape index (κ3) is 1.20. The summed E-state index contributed by atoms with van der Waals surface area (Å²) in [7, 11) is 0. The number of nitrogens with one attached hydrogen (secondary N) is 1. The molecule has 0 radical (unpaired) electrons. The van der Waals surface area contributed by atoms with Crippen molar-refractivity contribution in [1.82, 2.24) is 0 Å². The van der Waals surface area contributed by atoms with Crippen LogP contribution in [0.15, 0.2) is 23.3 Å². The first-order chi connectivity index (χ1) is 6.72. The molecule has 0 saturated heterocycles. The molecule has 5 nitrogen and oxygen atoms in total. The highest BCUT2D eigenvalue weighted by Gasteiger charge is 2.29. The molecule has 0 aliphatic carbocycles. The van der Waals surface area contributed by atoms with Gasteiger partial charge in [-0.15, -0.1) is 0 Å². The minimum atomic E-state index is -0.713. The molecule has 0 spiro atoms. The summed E-state index contributed by atoms with van der Waals surface area (Å²) in [5.74, 6) is -0.261. The van der Waals surface area contributed by atoms with E-state index in [1.165, 1.54) is 0 Å². The molecule has 1 aliphatic heterocycles. The van der Waals surface area contributed by atoms with E-state index in [0.717, 1.165) is 16.8 Å². The van der Waals surface area contributed by atoms with Crippen molar-refractivity contribution in [3.05, 3.63) is 39.8 Å². The van der Waals surface area contributed by atoms with Gasteiger partial charge in [0.2, 0.25) is 5.91 Å². The zero-order chi connectivity index (χ0) is 10.1. The van der Waals surface area contributed by atoms with Crippen LogP contribution >= 0.6 is 0 Å². The normalized spacial score (nSPS) is 18.4. The molecule has 1 aliphatic rings. The minimum Gasteiger partial charge on any atom is -0.325 e. The average molecular weight is 188 g/mol. The van der Waals surface area contributed by atoms with Gasteiger partial charge in [0.15, 0.2) is 0 Å². The predicted octanol–water partition coefficient (Wildman–Crippen LogP) is 2.30. The average Bonchev–Trinajstić information content (AvgIpc) is 2.45. The molecule has 1 unspecified atom stereocenters. The lowest BCUT2D eigenvalue weighted by molar-refractivity contribution is -0.116. The lowest BCUT2D eigenvalue weighted by atomic mass is 10.1. The van der Waals surface area contributed by atoms with Gasteiger partial charge >= 0.3 is 0 Å². The van der Waals surface area contributed by atoms with Gasteiger partial charge in [-0.3, -0.25) is 4.79 Å².